The number of rotatable bonds is 5. The molecule has 2 aliphatic rings. The highest BCUT2D eigenvalue weighted by atomic mass is 16.6. The first-order valence-corrected chi connectivity index (χ1v) is 8.52. The summed E-state index contributed by atoms with van der Waals surface area (Å²) in [6, 6.07) is 11.0. The van der Waals surface area contributed by atoms with Crippen molar-refractivity contribution in [3.05, 3.63) is 60.1 Å². The first-order chi connectivity index (χ1) is 13.1. The van der Waals surface area contributed by atoms with Crippen LogP contribution in [0.4, 0.5) is 4.79 Å². The second-order valence-electron chi connectivity index (χ2n) is 6.36. The molecular weight excluding hydrogens is 352 g/mol. The topological polar surface area (TPSA) is 89.3 Å². The summed E-state index contributed by atoms with van der Waals surface area (Å²) >= 11 is 0. The van der Waals surface area contributed by atoms with Gasteiger partial charge in [-0.25, -0.2) is 4.79 Å². The lowest BCUT2D eigenvalue weighted by atomic mass is 9.89. The van der Waals surface area contributed by atoms with Gasteiger partial charge in [0.15, 0.2) is 0 Å². The molecule has 2 aromatic rings. The summed E-state index contributed by atoms with van der Waals surface area (Å²) in [7, 11) is 1.26. The zero-order valence-electron chi connectivity index (χ0n) is 14.6. The normalized spacial score (nSPS) is 24.6. The molecule has 3 heterocycles. The highest BCUT2D eigenvalue weighted by Crippen LogP contribution is 2.43. The number of methoxy groups -OCH3 is 1. The predicted molar refractivity (Wildman–Crippen MR) is 91.3 cm³/mol. The number of likely N-dealkylation sites (tertiary alicyclic amines) is 1. The first-order valence-electron chi connectivity index (χ1n) is 8.52. The van der Waals surface area contributed by atoms with Crippen molar-refractivity contribution < 1.29 is 28.3 Å². The Morgan fingerprint density at radius 1 is 1.15 bits per heavy atom. The molecule has 0 N–H and O–H groups in total. The summed E-state index contributed by atoms with van der Waals surface area (Å²) in [6.07, 6.45) is 0.930. The van der Waals surface area contributed by atoms with Gasteiger partial charge in [0.2, 0.25) is 5.91 Å². The molecule has 140 valence electrons. The van der Waals surface area contributed by atoms with E-state index in [1.165, 1.54) is 23.2 Å². The van der Waals surface area contributed by atoms with Gasteiger partial charge in [0.05, 0.1) is 19.4 Å². The minimum absolute atomic E-state index is 0.161. The van der Waals surface area contributed by atoms with Crippen LogP contribution in [0.15, 0.2) is 53.1 Å². The molecule has 27 heavy (non-hydrogen) atoms. The third-order valence-electron chi connectivity index (χ3n) is 4.93. The molecule has 0 radical (unpaired) electrons. The van der Waals surface area contributed by atoms with E-state index < -0.39 is 24.1 Å². The number of hydrogen-bond donors (Lipinski definition) is 0. The van der Waals surface area contributed by atoms with Crippen molar-refractivity contribution in [1.82, 2.24) is 9.80 Å². The maximum Gasteiger partial charge on any atom is 0.411 e. The van der Waals surface area contributed by atoms with Crippen molar-refractivity contribution >= 4 is 18.0 Å². The van der Waals surface area contributed by atoms with Crippen LogP contribution in [0.3, 0.4) is 0 Å². The molecule has 4 rings (SSSR count). The zero-order valence-corrected chi connectivity index (χ0v) is 14.6. The Bertz CT molecular complexity index is 850. The summed E-state index contributed by atoms with van der Waals surface area (Å²) < 4.78 is 15.4. The first kappa shape index (κ1) is 17.1. The van der Waals surface area contributed by atoms with Crippen LogP contribution in [-0.4, -0.2) is 54.1 Å². The van der Waals surface area contributed by atoms with E-state index >= 15 is 0 Å². The standard InChI is InChI=1S/C19H18N2O6/c1-25-15(22)10-20-16(14-8-5-9-26-14)17(18(20)23)21-13(11-27-19(21)24)12-6-3-2-4-7-12/h2-9,13,16-17H,10-11H2,1H3/t13-,16-,17+/m1/s1. The van der Waals surface area contributed by atoms with Gasteiger partial charge in [-0.05, 0) is 17.7 Å². The Balaban J connectivity index is 1.67. The van der Waals surface area contributed by atoms with Gasteiger partial charge in [0.1, 0.15) is 31.0 Å². The Labute approximate surface area is 155 Å². The van der Waals surface area contributed by atoms with Crippen molar-refractivity contribution in [2.75, 3.05) is 20.3 Å². The van der Waals surface area contributed by atoms with Crippen LogP contribution < -0.4 is 0 Å². The van der Waals surface area contributed by atoms with Crippen LogP contribution in [0.5, 0.6) is 0 Å². The number of benzene rings is 1. The van der Waals surface area contributed by atoms with Crippen LogP contribution >= 0.6 is 0 Å². The van der Waals surface area contributed by atoms with Crippen LogP contribution in [0.2, 0.25) is 0 Å². The third kappa shape index (κ3) is 2.83. The number of esters is 1. The van der Waals surface area contributed by atoms with Gasteiger partial charge in [-0.15, -0.1) is 0 Å². The molecule has 1 aromatic heterocycles. The largest absolute Gasteiger partial charge is 0.468 e. The fourth-order valence-electron chi connectivity index (χ4n) is 3.62. The highest BCUT2D eigenvalue weighted by molar-refractivity contribution is 5.95. The second-order valence-corrected chi connectivity index (χ2v) is 6.36. The third-order valence-corrected chi connectivity index (χ3v) is 4.93. The van der Waals surface area contributed by atoms with Crippen molar-refractivity contribution in [2.24, 2.45) is 0 Å². The molecule has 3 atom stereocenters. The molecule has 8 heteroatoms. The van der Waals surface area contributed by atoms with Gasteiger partial charge in [-0.3, -0.25) is 14.5 Å². The summed E-state index contributed by atoms with van der Waals surface area (Å²) in [6.45, 7) is -0.0510. The van der Waals surface area contributed by atoms with E-state index in [4.69, 9.17) is 9.15 Å². The average molecular weight is 370 g/mol. The van der Waals surface area contributed by atoms with Gasteiger partial charge < -0.3 is 18.8 Å². The molecule has 0 spiro atoms. The fourth-order valence-corrected chi connectivity index (χ4v) is 3.62. The van der Waals surface area contributed by atoms with Gasteiger partial charge in [-0.2, -0.15) is 0 Å². The van der Waals surface area contributed by atoms with Crippen LogP contribution in [-0.2, 0) is 19.1 Å². The van der Waals surface area contributed by atoms with Crippen LogP contribution in [0, 0.1) is 0 Å². The highest BCUT2D eigenvalue weighted by Gasteiger charge is 2.58. The van der Waals surface area contributed by atoms with Crippen LogP contribution in [0.25, 0.3) is 0 Å². The van der Waals surface area contributed by atoms with Crippen LogP contribution in [0.1, 0.15) is 23.4 Å². The number of carbonyl (C=O) groups is 3. The van der Waals surface area contributed by atoms with E-state index in [9.17, 15) is 14.4 Å². The number of cyclic esters (lactones) is 1. The second kappa shape index (κ2) is 6.79. The molecule has 0 saturated carbocycles. The van der Waals surface area contributed by atoms with Crippen molar-refractivity contribution in [3.8, 4) is 0 Å². The Kier molecular flexibility index (Phi) is 4.31. The van der Waals surface area contributed by atoms with Crippen molar-refractivity contribution in [2.45, 2.75) is 18.1 Å². The van der Waals surface area contributed by atoms with E-state index in [0.717, 1.165) is 5.56 Å². The SMILES string of the molecule is COC(=O)CN1C(=O)[C@@H](N2C(=O)OC[C@@H]2c2ccccc2)[C@H]1c1ccco1. The number of carbonyl (C=O) groups excluding carboxylic acids is 3. The Morgan fingerprint density at radius 2 is 1.93 bits per heavy atom. The van der Waals surface area contributed by atoms with E-state index in [1.54, 1.807) is 12.1 Å². The molecule has 2 saturated heterocycles. The van der Waals surface area contributed by atoms with Crippen molar-refractivity contribution in [3.63, 3.8) is 0 Å². The number of β-lactam (4-membered cyclic amide) rings is 1. The lowest BCUT2D eigenvalue weighted by molar-refractivity contribution is -0.166. The monoisotopic (exact) mass is 370 g/mol. The number of amides is 2. The summed E-state index contributed by atoms with van der Waals surface area (Å²) in [5, 5.41) is 0. The number of furan rings is 1. The Hall–Kier alpha value is -3.29. The predicted octanol–water partition coefficient (Wildman–Crippen LogP) is 1.90. The molecule has 0 aliphatic carbocycles. The van der Waals surface area contributed by atoms with Gasteiger partial charge in [-0.1, -0.05) is 30.3 Å². The molecule has 2 aliphatic heterocycles. The smallest absolute Gasteiger partial charge is 0.411 e. The lowest BCUT2D eigenvalue weighted by Gasteiger charge is -2.49. The molecule has 8 nitrogen and oxygen atoms in total. The van der Waals surface area contributed by atoms with E-state index in [-0.39, 0.29) is 25.1 Å². The van der Waals surface area contributed by atoms with Gasteiger partial charge >= 0.3 is 12.1 Å². The Morgan fingerprint density at radius 3 is 2.59 bits per heavy atom. The molecule has 0 unspecified atom stereocenters. The number of ether oxygens (including phenoxy) is 2. The van der Waals surface area contributed by atoms with E-state index in [1.807, 2.05) is 30.3 Å². The average Bonchev–Trinajstić information content (AvgIpc) is 3.34. The summed E-state index contributed by atoms with van der Waals surface area (Å²) in [4.78, 5) is 39.8. The van der Waals surface area contributed by atoms with Crippen molar-refractivity contribution in [1.29, 1.82) is 0 Å². The number of hydrogen-bond acceptors (Lipinski definition) is 6. The van der Waals surface area contributed by atoms with E-state index in [2.05, 4.69) is 4.74 Å². The van der Waals surface area contributed by atoms with Gasteiger partial charge in [0.25, 0.3) is 0 Å². The minimum atomic E-state index is -0.805. The molecule has 0 bridgehead atoms. The van der Waals surface area contributed by atoms with E-state index in [0.29, 0.717) is 5.76 Å². The molecule has 2 fully saturated rings. The molecular formula is C19H18N2O6. The quantitative estimate of drug-likeness (QED) is 0.590. The summed E-state index contributed by atoms with van der Waals surface area (Å²) in [5.74, 6) is -0.390. The fraction of sp³-hybridized carbons (Fsp3) is 0.316. The summed E-state index contributed by atoms with van der Waals surface area (Å²) in [5.41, 5.74) is 0.876. The molecule has 1 aromatic carbocycles. The van der Waals surface area contributed by atoms with Gasteiger partial charge in [0, 0.05) is 0 Å². The zero-order chi connectivity index (χ0) is 19.0. The maximum absolute atomic E-state index is 12.9. The number of nitrogens with zero attached hydrogens (tertiary/aromatic N) is 2. The molecule has 2 amide bonds. The lowest BCUT2D eigenvalue weighted by Crippen LogP contribution is -2.66. The maximum atomic E-state index is 12.9. The minimum Gasteiger partial charge on any atom is -0.468 e.